The number of halogens is 1. The summed E-state index contributed by atoms with van der Waals surface area (Å²) < 4.78 is 45.2. The van der Waals surface area contributed by atoms with Gasteiger partial charge in [0.2, 0.25) is 5.09 Å². The molecule has 4 rings (SSSR count). The van der Waals surface area contributed by atoms with Gasteiger partial charge in [0.25, 0.3) is 15.9 Å². The number of imide groups is 1. The highest BCUT2D eigenvalue weighted by atomic mass is 32.2. The molecule has 2 fully saturated rings. The quantitative estimate of drug-likeness (QED) is 0.692. The number of urea groups is 1. The highest BCUT2D eigenvalue weighted by Crippen LogP contribution is 2.28. The van der Waals surface area contributed by atoms with E-state index in [2.05, 4.69) is 0 Å². The minimum absolute atomic E-state index is 0.185. The standard InChI is InChI=1S/C19H20FN3O5S/c1-13-18(24)22(19(25)23(13)15-6-4-14(20)5-7-15)12-16-8-9-17(28-16)29(26,27)21-10-2-3-11-21/h4-9,13H,2-3,10-12H2,1H3. The van der Waals surface area contributed by atoms with Crippen molar-refractivity contribution < 1.29 is 26.8 Å². The van der Waals surface area contributed by atoms with Crippen molar-refractivity contribution >= 4 is 27.6 Å². The van der Waals surface area contributed by atoms with Crippen molar-refractivity contribution in [2.45, 2.75) is 37.4 Å². The molecule has 0 saturated carbocycles. The van der Waals surface area contributed by atoms with Gasteiger partial charge in [-0.25, -0.2) is 17.6 Å². The molecule has 2 aromatic rings. The number of rotatable bonds is 5. The lowest BCUT2D eigenvalue weighted by atomic mass is 10.2. The van der Waals surface area contributed by atoms with Crippen molar-refractivity contribution in [2.24, 2.45) is 0 Å². The van der Waals surface area contributed by atoms with Gasteiger partial charge < -0.3 is 4.42 Å². The summed E-state index contributed by atoms with van der Waals surface area (Å²) in [7, 11) is -3.71. The molecule has 0 radical (unpaired) electrons. The van der Waals surface area contributed by atoms with Crippen molar-refractivity contribution in [2.75, 3.05) is 18.0 Å². The van der Waals surface area contributed by atoms with Gasteiger partial charge in [-0.2, -0.15) is 4.31 Å². The first kappa shape index (κ1) is 19.6. The molecule has 2 aliphatic heterocycles. The molecule has 0 N–H and O–H groups in total. The number of hydrogen-bond donors (Lipinski definition) is 0. The Bertz CT molecular complexity index is 1040. The van der Waals surface area contributed by atoms with Gasteiger partial charge in [0.15, 0.2) is 0 Å². The maximum Gasteiger partial charge on any atom is 0.332 e. The van der Waals surface area contributed by atoms with Crippen LogP contribution in [0, 0.1) is 5.82 Å². The third-order valence-electron chi connectivity index (χ3n) is 5.16. The van der Waals surface area contributed by atoms with E-state index in [0.29, 0.717) is 18.8 Å². The van der Waals surface area contributed by atoms with Gasteiger partial charge in [0, 0.05) is 18.8 Å². The average Bonchev–Trinajstić information content (AvgIpc) is 3.42. The van der Waals surface area contributed by atoms with E-state index in [1.807, 2.05) is 0 Å². The lowest BCUT2D eigenvalue weighted by molar-refractivity contribution is -0.127. The van der Waals surface area contributed by atoms with Crippen molar-refractivity contribution in [3.8, 4) is 0 Å². The van der Waals surface area contributed by atoms with Gasteiger partial charge in [-0.05, 0) is 56.2 Å². The zero-order chi connectivity index (χ0) is 20.8. The molecule has 1 aromatic heterocycles. The molecule has 0 aliphatic carbocycles. The van der Waals surface area contributed by atoms with E-state index in [1.165, 1.54) is 45.6 Å². The summed E-state index contributed by atoms with van der Waals surface area (Å²) in [6, 6.07) is 6.73. The van der Waals surface area contributed by atoms with Crippen LogP contribution in [-0.4, -0.2) is 48.7 Å². The Kier molecular flexibility index (Phi) is 4.91. The Balaban J connectivity index is 1.54. The maximum atomic E-state index is 13.2. The minimum Gasteiger partial charge on any atom is -0.446 e. The molecule has 3 heterocycles. The summed E-state index contributed by atoms with van der Waals surface area (Å²) in [5.41, 5.74) is 0.400. The first-order chi connectivity index (χ1) is 13.8. The van der Waals surface area contributed by atoms with Gasteiger partial charge in [-0.1, -0.05) is 0 Å². The lowest BCUT2D eigenvalue weighted by Crippen LogP contribution is -2.33. The zero-order valence-electron chi connectivity index (χ0n) is 15.7. The van der Waals surface area contributed by atoms with Crippen LogP contribution < -0.4 is 4.90 Å². The van der Waals surface area contributed by atoms with Gasteiger partial charge in [0.05, 0.1) is 6.54 Å². The topological polar surface area (TPSA) is 91.1 Å². The van der Waals surface area contributed by atoms with Crippen molar-refractivity contribution in [3.05, 3.63) is 48.0 Å². The summed E-state index contributed by atoms with van der Waals surface area (Å²) in [6.45, 7) is 2.29. The molecule has 8 nitrogen and oxygen atoms in total. The van der Waals surface area contributed by atoms with E-state index in [0.717, 1.165) is 17.7 Å². The van der Waals surface area contributed by atoms with E-state index in [1.54, 1.807) is 6.92 Å². The Labute approximate surface area is 167 Å². The summed E-state index contributed by atoms with van der Waals surface area (Å²) in [6.07, 6.45) is 1.61. The van der Waals surface area contributed by atoms with Crippen LogP contribution in [0.4, 0.5) is 14.9 Å². The smallest absolute Gasteiger partial charge is 0.332 e. The SMILES string of the molecule is CC1C(=O)N(Cc2ccc(S(=O)(=O)N3CCCC3)o2)C(=O)N1c1ccc(F)cc1. The summed E-state index contributed by atoms with van der Waals surface area (Å²) >= 11 is 0. The molecule has 1 aromatic carbocycles. The molecular weight excluding hydrogens is 401 g/mol. The lowest BCUT2D eigenvalue weighted by Gasteiger charge is -2.19. The maximum absolute atomic E-state index is 13.2. The van der Waals surface area contributed by atoms with Crippen molar-refractivity contribution in [3.63, 3.8) is 0 Å². The number of nitrogens with zero attached hydrogens (tertiary/aromatic N) is 3. The molecule has 0 spiro atoms. The number of carbonyl (C=O) groups is 2. The number of hydrogen-bond acceptors (Lipinski definition) is 5. The second-order valence-corrected chi connectivity index (χ2v) is 8.93. The fraction of sp³-hybridized carbons (Fsp3) is 0.368. The fourth-order valence-corrected chi connectivity index (χ4v) is 5.05. The normalized spacial score (nSPS) is 20.8. The first-order valence-corrected chi connectivity index (χ1v) is 10.7. The number of anilines is 1. The predicted octanol–water partition coefficient (Wildman–Crippen LogP) is 2.56. The molecule has 3 amide bonds. The second kappa shape index (κ2) is 7.27. The van der Waals surface area contributed by atoms with Crippen LogP contribution in [0.25, 0.3) is 0 Å². The van der Waals surface area contributed by atoms with Crippen LogP contribution in [0.5, 0.6) is 0 Å². The van der Waals surface area contributed by atoms with Gasteiger partial charge in [0.1, 0.15) is 17.6 Å². The van der Waals surface area contributed by atoms with Crippen LogP contribution in [0.15, 0.2) is 45.9 Å². The average molecular weight is 421 g/mol. The Hall–Kier alpha value is -2.72. The Morgan fingerprint density at radius 3 is 2.38 bits per heavy atom. The van der Waals surface area contributed by atoms with Gasteiger partial charge in [-0.3, -0.25) is 14.6 Å². The highest BCUT2D eigenvalue weighted by molar-refractivity contribution is 7.89. The summed E-state index contributed by atoms with van der Waals surface area (Å²) in [5, 5.41) is -0.197. The molecule has 2 saturated heterocycles. The number of furan rings is 1. The molecule has 2 aliphatic rings. The first-order valence-electron chi connectivity index (χ1n) is 9.28. The minimum atomic E-state index is -3.71. The van der Waals surface area contributed by atoms with Crippen LogP contribution in [-0.2, 0) is 21.4 Å². The van der Waals surface area contributed by atoms with E-state index >= 15 is 0 Å². The molecule has 1 atom stereocenters. The molecule has 29 heavy (non-hydrogen) atoms. The molecule has 154 valence electrons. The molecular formula is C19H20FN3O5S. The number of carbonyl (C=O) groups excluding carboxylic acids is 2. The molecule has 0 bridgehead atoms. The third kappa shape index (κ3) is 3.42. The molecule has 1 unspecified atom stereocenters. The van der Waals surface area contributed by atoms with E-state index in [-0.39, 0.29) is 17.4 Å². The monoisotopic (exact) mass is 421 g/mol. The van der Waals surface area contributed by atoms with Crippen molar-refractivity contribution in [1.82, 2.24) is 9.21 Å². The second-order valence-electron chi connectivity index (χ2n) is 7.06. The Morgan fingerprint density at radius 1 is 1.07 bits per heavy atom. The predicted molar refractivity (Wildman–Crippen MR) is 101 cm³/mol. The molecule has 10 heteroatoms. The summed E-state index contributed by atoms with van der Waals surface area (Å²) in [5.74, 6) is -0.698. The third-order valence-corrected chi connectivity index (χ3v) is 6.94. The highest BCUT2D eigenvalue weighted by Gasteiger charge is 2.43. The van der Waals surface area contributed by atoms with Crippen LogP contribution in [0.2, 0.25) is 0 Å². The number of benzene rings is 1. The summed E-state index contributed by atoms with van der Waals surface area (Å²) in [4.78, 5) is 27.7. The number of amides is 3. The van der Waals surface area contributed by atoms with Crippen molar-refractivity contribution in [1.29, 1.82) is 0 Å². The van der Waals surface area contributed by atoms with E-state index in [4.69, 9.17) is 4.42 Å². The number of sulfonamides is 1. The van der Waals surface area contributed by atoms with E-state index in [9.17, 15) is 22.4 Å². The van der Waals surface area contributed by atoms with Crippen LogP contribution in [0.1, 0.15) is 25.5 Å². The Morgan fingerprint density at radius 2 is 1.72 bits per heavy atom. The van der Waals surface area contributed by atoms with Gasteiger partial charge in [-0.15, -0.1) is 0 Å². The fourth-order valence-electron chi connectivity index (χ4n) is 3.60. The zero-order valence-corrected chi connectivity index (χ0v) is 16.6. The van der Waals surface area contributed by atoms with Gasteiger partial charge >= 0.3 is 6.03 Å². The largest absolute Gasteiger partial charge is 0.446 e. The van der Waals surface area contributed by atoms with E-state index < -0.39 is 33.8 Å². The van der Waals surface area contributed by atoms with Crippen LogP contribution in [0.3, 0.4) is 0 Å². The van der Waals surface area contributed by atoms with Crippen LogP contribution >= 0.6 is 0 Å².